The highest BCUT2D eigenvalue weighted by atomic mass is 35.5. The number of hydrogen-bond acceptors (Lipinski definition) is 5. The Morgan fingerprint density at radius 1 is 1.06 bits per heavy atom. The third-order valence-corrected chi connectivity index (χ3v) is 5.96. The van der Waals surface area contributed by atoms with Crippen LogP contribution < -0.4 is 5.43 Å². The van der Waals surface area contributed by atoms with E-state index in [9.17, 15) is 4.79 Å². The molecule has 0 saturated carbocycles. The zero-order valence-corrected chi connectivity index (χ0v) is 19.3. The molecule has 1 amide bonds. The van der Waals surface area contributed by atoms with Crippen LogP contribution in [0.1, 0.15) is 5.69 Å². The second-order valence-electron chi connectivity index (χ2n) is 6.75. The van der Waals surface area contributed by atoms with Crippen LogP contribution in [-0.4, -0.2) is 37.2 Å². The summed E-state index contributed by atoms with van der Waals surface area (Å²) in [5, 5.41) is 14.5. The minimum absolute atomic E-state index is 0.122. The fourth-order valence-electron chi connectivity index (χ4n) is 2.91. The average Bonchev–Trinajstić information content (AvgIpc) is 3.40. The number of thioether (sulfide) groups is 1. The number of nitrogens with one attached hydrogen (secondary N) is 1. The second kappa shape index (κ2) is 10.0. The molecule has 7 nitrogen and oxygen atoms in total. The molecule has 0 aliphatic heterocycles. The number of carbonyl (C=O) groups excluding carboxylic acids is 1. The normalized spacial score (nSPS) is 11.2. The molecule has 0 radical (unpaired) electrons. The van der Waals surface area contributed by atoms with Crippen molar-refractivity contribution in [1.29, 1.82) is 0 Å². The van der Waals surface area contributed by atoms with Crippen molar-refractivity contribution >= 4 is 47.1 Å². The molecule has 0 aliphatic rings. The summed E-state index contributed by atoms with van der Waals surface area (Å²) in [5.41, 5.74) is 5.09. The molecule has 2 heterocycles. The van der Waals surface area contributed by atoms with E-state index in [1.807, 2.05) is 58.8 Å². The second-order valence-corrected chi connectivity index (χ2v) is 8.57. The van der Waals surface area contributed by atoms with E-state index in [0.29, 0.717) is 21.0 Å². The molecule has 0 aliphatic carbocycles. The Kier molecular flexibility index (Phi) is 6.94. The Morgan fingerprint density at radius 2 is 1.75 bits per heavy atom. The van der Waals surface area contributed by atoms with Gasteiger partial charge in [0.05, 0.1) is 17.7 Å². The van der Waals surface area contributed by atoms with Gasteiger partial charge in [-0.1, -0.05) is 35.0 Å². The van der Waals surface area contributed by atoms with Crippen molar-refractivity contribution in [3.8, 4) is 17.1 Å². The highest BCUT2D eigenvalue weighted by molar-refractivity contribution is 7.99. The molecule has 2 aromatic heterocycles. The molecule has 4 aromatic rings. The van der Waals surface area contributed by atoms with Crippen molar-refractivity contribution in [2.24, 2.45) is 12.1 Å². The molecule has 4 rings (SSSR count). The summed E-state index contributed by atoms with van der Waals surface area (Å²) in [6.07, 6.45) is 3.50. The van der Waals surface area contributed by atoms with Crippen molar-refractivity contribution in [3.63, 3.8) is 0 Å². The molecule has 2 aromatic carbocycles. The van der Waals surface area contributed by atoms with Gasteiger partial charge in [0.25, 0.3) is 5.91 Å². The summed E-state index contributed by atoms with van der Waals surface area (Å²) in [6, 6.07) is 18.5. The van der Waals surface area contributed by atoms with Gasteiger partial charge in [0, 0.05) is 34.5 Å². The van der Waals surface area contributed by atoms with Crippen LogP contribution in [0.15, 0.2) is 77.1 Å². The van der Waals surface area contributed by atoms with Gasteiger partial charge in [-0.25, -0.2) is 5.43 Å². The summed E-state index contributed by atoms with van der Waals surface area (Å²) in [4.78, 5) is 12.3. The van der Waals surface area contributed by atoms with Crippen LogP contribution in [-0.2, 0) is 11.8 Å². The summed E-state index contributed by atoms with van der Waals surface area (Å²) in [7, 11) is 1.90. The van der Waals surface area contributed by atoms with E-state index in [1.54, 1.807) is 30.5 Å². The maximum Gasteiger partial charge on any atom is 0.250 e. The lowest BCUT2D eigenvalue weighted by Crippen LogP contribution is -2.20. The van der Waals surface area contributed by atoms with Gasteiger partial charge in [-0.05, 0) is 60.7 Å². The number of aromatic nitrogens is 4. The van der Waals surface area contributed by atoms with Gasteiger partial charge < -0.3 is 4.57 Å². The van der Waals surface area contributed by atoms with Crippen molar-refractivity contribution in [2.45, 2.75) is 5.16 Å². The fraction of sp³-hybridized carbons (Fsp3) is 0.0909. The summed E-state index contributed by atoms with van der Waals surface area (Å²) >= 11 is 13.3. The summed E-state index contributed by atoms with van der Waals surface area (Å²) in [5.74, 6) is 0.504. The van der Waals surface area contributed by atoms with Crippen LogP contribution in [0.25, 0.3) is 17.1 Å². The van der Waals surface area contributed by atoms with E-state index in [-0.39, 0.29) is 11.7 Å². The molecule has 162 valence electrons. The highest BCUT2D eigenvalue weighted by Crippen LogP contribution is 2.29. The first-order chi connectivity index (χ1) is 15.5. The van der Waals surface area contributed by atoms with Crippen molar-refractivity contribution < 1.29 is 4.79 Å². The van der Waals surface area contributed by atoms with E-state index in [1.165, 1.54) is 11.8 Å². The maximum atomic E-state index is 12.3. The van der Waals surface area contributed by atoms with E-state index in [2.05, 4.69) is 20.7 Å². The molecular formula is C22H18Cl2N6OS. The Labute approximate surface area is 199 Å². The predicted octanol–water partition coefficient (Wildman–Crippen LogP) is 4.82. The van der Waals surface area contributed by atoms with Crippen molar-refractivity contribution in [3.05, 3.63) is 82.6 Å². The number of benzene rings is 2. The van der Waals surface area contributed by atoms with Gasteiger partial charge in [-0.15, -0.1) is 10.2 Å². The quantitative estimate of drug-likeness (QED) is 0.231. The van der Waals surface area contributed by atoms with E-state index < -0.39 is 0 Å². The number of nitrogens with zero attached hydrogens (tertiary/aromatic N) is 5. The van der Waals surface area contributed by atoms with Crippen LogP contribution in [0.3, 0.4) is 0 Å². The molecule has 10 heteroatoms. The van der Waals surface area contributed by atoms with E-state index >= 15 is 0 Å². The average molecular weight is 485 g/mol. The van der Waals surface area contributed by atoms with Gasteiger partial charge in [0.1, 0.15) is 0 Å². The zero-order valence-electron chi connectivity index (χ0n) is 16.9. The van der Waals surface area contributed by atoms with Crippen LogP contribution in [0.4, 0.5) is 0 Å². The van der Waals surface area contributed by atoms with Crippen molar-refractivity contribution in [1.82, 2.24) is 24.8 Å². The first-order valence-corrected chi connectivity index (χ1v) is 11.3. The summed E-state index contributed by atoms with van der Waals surface area (Å²) < 4.78 is 3.78. The molecule has 0 unspecified atom stereocenters. The monoisotopic (exact) mass is 484 g/mol. The molecule has 0 saturated heterocycles. The lowest BCUT2D eigenvalue weighted by molar-refractivity contribution is -0.118. The van der Waals surface area contributed by atoms with Gasteiger partial charge >= 0.3 is 0 Å². The van der Waals surface area contributed by atoms with Crippen LogP contribution in [0.5, 0.6) is 0 Å². The Balaban J connectivity index is 1.53. The van der Waals surface area contributed by atoms with Crippen LogP contribution >= 0.6 is 35.0 Å². The third kappa shape index (κ3) is 5.21. The number of amides is 1. The molecule has 32 heavy (non-hydrogen) atoms. The van der Waals surface area contributed by atoms with Crippen LogP contribution in [0, 0.1) is 0 Å². The first-order valence-electron chi connectivity index (χ1n) is 9.54. The number of rotatable bonds is 7. The highest BCUT2D eigenvalue weighted by Gasteiger charge is 2.17. The predicted molar refractivity (Wildman–Crippen MR) is 129 cm³/mol. The largest absolute Gasteiger partial charge is 0.350 e. The topological polar surface area (TPSA) is 77.1 Å². The third-order valence-electron chi connectivity index (χ3n) is 4.52. The smallest absolute Gasteiger partial charge is 0.250 e. The molecule has 0 bridgehead atoms. The minimum atomic E-state index is -0.251. The fourth-order valence-corrected chi connectivity index (χ4v) is 3.91. The first kappa shape index (κ1) is 22.1. The molecule has 0 atom stereocenters. The maximum absolute atomic E-state index is 12.3. The number of hydrazone groups is 1. The standard InChI is InChI=1S/C22H18Cl2N6OS/c1-29-12-2-3-19(29)13-25-26-20(31)14-32-22-28-27-21(15-4-6-16(23)7-5-15)30(22)18-10-8-17(24)9-11-18/h2-13H,14H2,1H3,(H,26,31). The van der Waals surface area contributed by atoms with Gasteiger partial charge in [-0.3, -0.25) is 9.36 Å². The number of carbonyl (C=O) groups is 1. The van der Waals surface area contributed by atoms with Crippen molar-refractivity contribution in [2.75, 3.05) is 5.75 Å². The Hall–Kier alpha value is -3.07. The Morgan fingerprint density at radius 3 is 2.41 bits per heavy atom. The Bertz CT molecular complexity index is 1250. The molecule has 1 N–H and O–H groups in total. The van der Waals surface area contributed by atoms with Gasteiger partial charge in [-0.2, -0.15) is 5.10 Å². The van der Waals surface area contributed by atoms with E-state index in [4.69, 9.17) is 23.2 Å². The number of hydrogen-bond donors (Lipinski definition) is 1. The molecular weight excluding hydrogens is 467 g/mol. The molecule has 0 fully saturated rings. The van der Waals surface area contributed by atoms with Crippen LogP contribution in [0.2, 0.25) is 10.0 Å². The van der Waals surface area contributed by atoms with E-state index in [0.717, 1.165) is 16.9 Å². The molecule has 0 spiro atoms. The SMILES string of the molecule is Cn1cccc1C=NNC(=O)CSc1nnc(-c2ccc(Cl)cc2)n1-c1ccc(Cl)cc1. The number of halogens is 2. The van der Waals surface area contributed by atoms with Gasteiger partial charge in [0.2, 0.25) is 0 Å². The lowest BCUT2D eigenvalue weighted by Gasteiger charge is -2.10. The minimum Gasteiger partial charge on any atom is -0.350 e. The number of aryl methyl sites for hydroxylation is 1. The lowest BCUT2D eigenvalue weighted by atomic mass is 10.2. The summed E-state index contributed by atoms with van der Waals surface area (Å²) in [6.45, 7) is 0. The van der Waals surface area contributed by atoms with Gasteiger partial charge in [0.15, 0.2) is 11.0 Å². The zero-order chi connectivity index (χ0) is 22.5.